The van der Waals surface area contributed by atoms with Crippen molar-refractivity contribution in [3.63, 3.8) is 0 Å². The summed E-state index contributed by atoms with van der Waals surface area (Å²) in [5.41, 5.74) is 4.48. The van der Waals surface area contributed by atoms with Gasteiger partial charge < -0.3 is 29.2 Å². The molecular formula is C39H39N5O6. The number of rotatable bonds is 12. The van der Waals surface area contributed by atoms with Crippen LogP contribution in [0.1, 0.15) is 29.5 Å². The Balaban J connectivity index is 1.35. The van der Waals surface area contributed by atoms with Gasteiger partial charge in [0.05, 0.1) is 34.1 Å². The Morgan fingerprint density at radius 1 is 0.840 bits per heavy atom. The van der Waals surface area contributed by atoms with Crippen molar-refractivity contribution in [3.8, 4) is 34.3 Å². The van der Waals surface area contributed by atoms with Gasteiger partial charge in [-0.3, -0.25) is 14.6 Å². The molecular weight excluding hydrogens is 634 g/mol. The Hall–Kier alpha value is -5.71. The maximum atomic E-state index is 13.2. The fourth-order valence-corrected chi connectivity index (χ4v) is 7.10. The summed E-state index contributed by atoms with van der Waals surface area (Å²) >= 11 is 0. The van der Waals surface area contributed by atoms with Crippen LogP contribution in [0.4, 0.5) is 11.6 Å². The van der Waals surface area contributed by atoms with Crippen LogP contribution >= 0.6 is 0 Å². The number of hydrogen-bond acceptors (Lipinski definition) is 10. The molecule has 0 saturated heterocycles. The summed E-state index contributed by atoms with van der Waals surface area (Å²) < 4.78 is 22.6. The third-order valence-corrected chi connectivity index (χ3v) is 9.83. The van der Waals surface area contributed by atoms with Gasteiger partial charge in [0.2, 0.25) is 5.91 Å². The van der Waals surface area contributed by atoms with E-state index in [0.29, 0.717) is 60.6 Å². The van der Waals surface area contributed by atoms with Crippen molar-refractivity contribution in [2.45, 2.75) is 32.9 Å². The van der Waals surface area contributed by atoms with Crippen LogP contribution in [0.15, 0.2) is 73.2 Å². The Bertz CT molecular complexity index is 2030. The lowest BCUT2D eigenvalue weighted by molar-refractivity contribution is -0.120. The minimum Gasteiger partial charge on any atom is -0.497 e. The molecule has 3 aromatic heterocycles. The second-order valence-electron chi connectivity index (χ2n) is 12.8. The van der Waals surface area contributed by atoms with Crippen molar-refractivity contribution >= 4 is 34.1 Å². The van der Waals surface area contributed by atoms with Crippen molar-refractivity contribution in [1.29, 1.82) is 0 Å². The highest BCUT2D eigenvalue weighted by Gasteiger charge is 2.59. The van der Waals surface area contributed by atoms with Gasteiger partial charge in [-0.2, -0.15) is 0 Å². The number of anilines is 2. The fraction of sp³-hybridized carbons (Fsp3) is 0.308. The standard InChI is InChI=1S/C39H39N5O6/c1-22-10-11-40-18-31(22)33-12-25-13-36(43-39(46)37-29-14-26(45)15-30(29)37)41-19-32(25)38(42-33)44(20-23-6-8-27(47-2)16-34(23)49-4)21-24-7-9-28(48-3)17-35(24)50-5/h6-13,16-19,29-30,37H,14-15,20-21H2,1-5H3,(H,41,43,46)/t29-,30+,37+. The molecule has 11 heteroatoms. The van der Waals surface area contributed by atoms with Crippen LogP contribution in [0.2, 0.25) is 0 Å². The summed E-state index contributed by atoms with van der Waals surface area (Å²) in [6.07, 6.45) is 6.31. The first-order valence-corrected chi connectivity index (χ1v) is 16.5. The average molecular weight is 674 g/mol. The highest BCUT2D eigenvalue weighted by molar-refractivity contribution is 6.00. The second kappa shape index (κ2) is 13.7. The molecule has 0 bridgehead atoms. The normalized spacial score (nSPS) is 17.6. The van der Waals surface area contributed by atoms with E-state index < -0.39 is 0 Å². The van der Waals surface area contributed by atoms with Crippen LogP contribution in [0, 0.1) is 24.7 Å². The molecule has 0 unspecified atom stereocenters. The molecule has 2 aromatic carbocycles. The third kappa shape index (κ3) is 6.38. The minimum atomic E-state index is -0.138. The van der Waals surface area contributed by atoms with Crippen LogP contribution in [-0.2, 0) is 22.7 Å². The summed E-state index contributed by atoms with van der Waals surface area (Å²) in [5, 5.41) is 4.66. The number of pyridine rings is 3. The molecule has 2 aliphatic rings. The Labute approximate surface area is 290 Å². The number of nitrogens with one attached hydrogen (secondary N) is 1. The Morgan fingerprint density at radius 3 is 2.06 bits per heavy atom. The molecule has 2 aliphatic carbocycles. The first-order valence-electron chi connectivity index (χ1n) is 16.5. The van der Waals surface area contributed by atoms with Crippen molar-refractivity contribution in [3.05, 3.63) is 89.9 Å². The number of benzene rings is 2. The predicted molar refractivity (Wildman–Crippen MR) is 190 cm³/mol. The number of Topliss-reactive ketones (excluding diaryl/α,β-unsaturated/α-hetero) is 1. The number of aryl methyl sites for hydroxylation is 1. The lowest BCUT2D eigenvalue weighted by Gasteiger charge is -2.28. The van der Waals surface area contributed by atoms with Crippen molar-refractivity contribution in [2.75, 3.05) is 38.7 Å². The molecule has 50 heavy (non-hydrogen) atoms. The SMILES string of the molecule is COc1ccc(CN(Cc2ccc(OC)cc2OC)c2nc(-c3cnccc3C)cc3cc(NC(=O)[C@H]4[C@@H]5CC(=O)C[C@@H]54)ncc23)c(OC)c1. The van der Waals surface area contributed by atoms with Gasteiger partial charge in [-0.1, -0.05) is 0 Å². The summed E-state index contributed by atoms with van der Waals surface area (Å²) in [6, 6.07) is 17.4. The lowest BCUT2D eigenvalue weighted by atomic mass is 10.0. The number of amides is 1. The summed E-state index contributed by atoms with van der Waals surface area (Å²) in [6.45, 7) is 2.86. The highest BCUT2D eigenvalue weighted by Crippen LogP contribution is 2.56. The van der Waals surface area contributed by atoms with Crippen LogP contribution in [0.5, 0.6) is 23.0 Å². The first-order chi connectivity index (χ1) is 24.3. The Morgan fingerprint density at radius 2 is 1.48 bits per heavy atom. The number of carbonyl (C=O) groups excluding carboxylic acids is 2. The minimum absolute atomic E-state index is 0.0863. The van der Waals surface area contributed by atoms with Crippen LogP contribution in [0.3, 0.4) is 0 Å². The van der Waals surface area contributed by atoms with E-state index >= 15 is 0 Å². The van der Waals surface area contributed by atoms with E-state index in [1.807, 2.05) is 67.7 Å². The number of nitrogens with zero attached hydrogens (tertiary/aromatic N) is 4. The van der Waals surface area contributed by atoms with E-state index in [1.54, 1.807) is 40.8 Å². The van der Waals surface area contributed by atoms with E-state index in [-0.39, 0.29) is 29.4 Å². The van der Waals surface area contributed by atoms with Gasteiger partial charge in [0.15, 0.2) is 0 Å². The molecule has 0 aliphatic heterocycles. The summed E-state index contributed by atoms with van der Waals surface area (Å²) in [7, 11) is 6.53. The van der Waals surface area contributed by atoms with Gasteiger partial charge in [-0.05, 0) is 72.2 Å². The van der Waals surface area contributed by atoms with Gasteiger partial charge in [0, 0.05) is 84.6 Å². The first kappa shape index (κ1) is 32.8. The third-order valence-electron chi connectivity index (χ3n) is 9.83. The maximum Gasteiger partial charge on any atom is 0.229 e. The van der Waals surface area contributed by atoms with Gasteiger partial charge in [-0.15, -0.1) is 0 Å². The van der Waals surface area contributed by atoms with Crippen molar-refractivity contribution in [2.24, 2.45) is 17.8 Å². The molecule has 0 spiro atoms. The summed E-state index contributed by atoms with van der Waals surface area (Å²) in [4.78, 5) is 41.6. The zero-order chi connectivity index (χ0) is 34.9. The highest BCUT2D eigenvalue weighted by atomic mass is 16.5. The van der Waals surface area contributed by atoms with Gasteiger partial charge in [-0.25, -0.2) is 9.97 Å². The zero-order valence-corrected chi connectivity index (χ0v) is 28.7. The predicted octanol–water partition coefficient (Wildman–Crippen LogP) is 6.41. The molecule has 2 fully saturated rings. The monoisotopic (exact) mass is 673 g/mol. The molecule has 3 atom stereocenters. The second-order valence-corrected chi connectivity index (χ2v) is 12.8. The Kier molecular flexibility index (Phi) is 8.96. The van der Waals surface area contributed by atoms with Gasteiger partial charge >= 0.3 is 0 Å². The number of ether oxygens (including phenoxy) is 4. The van der Waals surface area contributed by atoms with Crippen LogP contribution in [0.25, 0.3) is 22.0 Å². The molecule has 5 aromatic rings. The molecule has 7 rings (SSSR count). The van der Waals surface area contributed by atoms with E-state index in [4.69, 9.17) is 28.9 Å². The molecule has 1 N–H and O–H groups in total. The number of carbonyl (C=O) groups is 2. The van der Waals surface area contributed by atoms with Crippen LogP contribution in [-0.4, -0.2) is 55.1 Å². The molecule has 1 amide bonds. The lowest BCUT2D eigenvalue weighted by Crippen LogP contribution is -2.24. The average Bonchev–Trinajstić information content (AvgIpc) is 3.66. The van der Waals surface area contributed by atoms with Crippen molar-refractivity contribution in [1.82, 2.24) is 15.0 Å². The smallest absolute Gasteiger partial charge is 0.229 e. The summed E-state index contributed by atoms with van der Waals surface area (Å²) in [5.74, 6) is 4.17. The number of hydrogen-bond donors (Lipinski definition) is 1. The van der Waals surface area contributed by atoms with Crippen LogP contribution < -0.4 is 29.2 Å². The fourth-order valence-electron chi connectivity index (χ4n) is 7.10. The number of fused-ring (bicyclic) bond motifs is 2. The zero-order valence-electron chi connectivity index (χ0n) is 28.7. The number of ketones is 1. The molecule has 3 heterocycles. The molecule has 11 nitrogen and oxygen atoms in total. The van der Waals surface area contributed by atoms with Crippen molar-refractivity contribution < 1.29 is 28.5 Å². The van der Waals surface area contributed by atoms with Gasteiger partial charge in [0.1, 0.15) is 40.4 Å². The van der Waals surface area contributed by atoms with E-state index in [0.717, 1.165) is 38.7 Å². The molecule has 0 radical (unpaired) electrons. The van der Waals surface area contributed by atoms with E-state index in [9.17, 15) is 9.59 Å². The number of aromatic nitrogens is 3. The van der Waals surface area contributed by atoms with E-state index in [1.165, 1.54) is 0 Å². The molecule has 2 saturated carbocycles. The number of methoxy groups -OCH3 is 4. The van der Waals surface area contributed by atoms with E-state index in [2.05, 4.69) is 15.2 Å². The quantitative estimate of drug-likeness (QED) is 0.159. The van der Waals surface area contributed by atoms with Gasteiger partial charge in [0.25, 0.3) is 0 Å². The topological polar surface area (TPSA) is 125 Å². The molecule has 256 valence electrons. The largest absolute Gasteiger partial charge is 0.497 e. The maximum absolute atomic E-state index is 13.2.